The Balaban J connectivity index is 0.00000182. The highest BCUT2D eigenvalue weighted by Gasteiger charge is 2.44. The van der Waals surface area contributed by atoms with E-state index in [0.717, 1.165) is 36.6 Å². The van der Waals surface area contributed by atoms with Crippen molar-refractivity contribution in [3.05, 3.63) is 52.2 Å². The Morgan fingerprint density at radius 2 is 1.78 bits per heavy atom. The van der Waals surface area contributed by atoms with Crippen molar-refractivity contribution >= 4 is 36.2 Å². The van der Waals surface area contributed by atoms with E-state index in [-0.39, 0.29) is 36.6 Å². The maximum absolute atomic E-state index is 13.2. The Hall–Kier alpha value is -1.06. The van der Waals surface area contributed by atoms with Crippen molar-refractivity contribution in [2.75, 3.05) is 26.2 Å². The molecule has 3 rings (SSSR count). The molecular formula is C17H20Cl2F4N2OS. The molecule has 1 saturated heterocycles. The van der Waals surface area contributed by atoms with Crippen LogP contribution < -0.4 is 10.1 Å². The Kier molecular flexibility index (Phi) is 9.30. The number of rotatable bonds is 6. The van der Waals surface area contributed by atoms with Crippen LogP contribution in [0.5, 0.6) is 5.75 Å². The fourth-order valence-electron chi connectivity index (χ4n) is 2.89. The lowest BCUT2D eigenvalue weighted by Crippen LogP contribution is -2.45. The van der Waals surface area contributed by atoms with Gasteiger partial charge in [0, 0.05) is 31.1 Å². The predicted octanol–water partition coefficient (Wildman–Crippen LogP) is 4.82. The summed E-state index contributed by atoms with van der Waals surface area (Å²) in [7, 11) is 0. The average molecular weight is 447 g/mol. The number of alkyl halides is 4. The third-order valence-electron chi connectivity index (χ3n) is 4.01. The number of benzene rings is 1. The molecule has 1 aromatic carbocycles. The summed E-state index contributed by atoms with van der Waals surface area (Å²) in [6, 6.07) is 9.84. The number of hydrogen-bond donors (Lipinski definition) is 1. The number of ether oxygens (including phenoxy) is 1. The van der Waals surface area contributed by atoms with Crippen molar-refractivity contribution in [3.63, 3.8) is 0 Å². The molecule has 10 heteroatoms. The first-order valence-corrected chi connectivity index (χ1v) is 8.78. The summed E-state index contributed by atoms with van der Waals surface area (Å²) in [5.41, 5.74) is 0.743. The molecule has 1 aliphatic heterocycles. The fourth-order valence-corrected chi connectivity index (χ4v) is 3.78. The first-order valence-electron chi connectivity index (χ1n) is 7.90. The molecule has 0 aliphatic carbocycles. The maximum atomic E-state index is 13.2. The highest BCUT2D eigenvalue weighted by atomic mass is 35.5. The van der Waals surface area contributed by atoms with Crippen LogP contribution in [-0.4, -0.2) is 43.6 Å². The Labute approximate surface area is 171 Å². The van der Waals surface area contributed by atoms with Gasteiger partial charge in [0.25, 0.3) is 0 Å². The van der Waals surface area contributed by atoms with Gasteiger partial charge < -0.3 is 10.1 Å². The van der Waals surface area contributed by atoms with Gasteiger partial charge >= 0.3 is 12.5 Å². The lowest BCUT2D eigenvalue weighted by Gasteiger charge is -2.35. The van der Waals surface area contributed by atoms with Crippen LogP contribution >= 0.6 is 36.2 Å². The number of piperazine rings is 1. The van der Waals surface area contributed by atoms with E-state index in [2.05, 4.69) is 15.0 Å². The van der Waals surface area contributed by atoms with E-state index in [4.69, 9.17) is 0 Å². The van der Waals surface area contributed by atoms with Crippen LogP contribution in [0.3, 0.4) is 0 Å². The summed E-state index contributed by atoms with van der Waals surface area (Å²) in [6.07, 6.45) is -8.39. The standard InChI is InChI=1S/C17H18F4N2OS.2ClH/c18-16(19)17(20,21)24-13-4-1-3-12(11-13)15(14-5-2-10-25-14)23-8-6-22-7-9-23;;/h1-5,10-11,15-16,22H,6-9H2;2*1H/t15-;;/m1../s1. The number of halogens is 6. The van der Waals surface area contributed by atoms with E-state index in [1.807, 2.05) is 17.5 Å². The summed E-state index contributed by atoms with van der Waals surface area (Å²) >= 11 is 1.57. The van der Waals surface area contributed by atoms with Crippen molar-refractivity contribution in [1.29, 1.82) is 0 Å². The number of nitrogens with zero attached hydrogens (tertiary/aromatic N) is 1. The van der Waals surface area contributed by atoms with Gasteiger partial charge in [0.2, 0.25) is 0 Å². The van der Waals surface area contributed by atoms with E-state index in [1.54, 1.807) is 23.5 Å². The summed E-state index contributed by atoms with van der Waals surface area (Å²) < 4.78 is 55.4. The van der Waals surface area contributed by atoms with Gasteiger partial charge in [-0.2, -0.15) is 17.6 Å². The van der Waals surface area contributed by atoms with E-state index in [9.17, 15) is 17.6 Å². The van der Waals surface area contributed by atoms with Gasteiger partial charge in [0.15, 0.2) is 0 Å². The molecule has 1 N–H and O–H groups in total. The third-order valence-corrected chi connectivity index (χ3v) is 4.94. The largest absolute Gasteiger partial charge is 0.461 e. The summed E-state index contributed by atoms with van der Waals surface area (Å²) in [4.78, 5) is 3.31. The SMILES string of the molecule is Cl.Cl.FC(F)C(F)(F)Oc1cccc([C@H](c2cccs2)N2CCNCC2)c1. The second-order valence-electron chi connectivity index (χ2n) is 5.74. The fraction of sp³-hybridized carbons (Fsp3) is 0.412. The van der Waals surface area contributed by atoms with Crippen LogP contribution in [0.25, 0.3) is 0 Å². The lowest BCUT2D eigenvalue weighted by atomic mass is 10.0. The van der Waals surface area contributed by atoms with Crippen LogP contribution in [-0.2, 0) is 0 Å². The second-order valence-corrected chi connectivity index (χ2v) is 6.72. The molecule has 152 valence electrons. The molecule has 3 nitrogen and oxygen atoms in total. The van der Waals surface area contributed by atoms with E-state index >= 15 is 0 Å². The molecule has 0 spiro atoms. The van der Waals surface area contributed by atoms with Crippen molar-refractivity contribution in [2.45, 2.75) is 18.6 Å². The average Bonchev–Trinajstić information content (AvgIpc) is 3.10. The summed E-state index contributed by atoms with van der Waals surface area (Å²) in [5, 5.41) is 5.23. The van der Waals surface area contributed by atoms with Gasteiger partial charge in [-0.15, -0.1) is 36.2 Å². The summed E-state index contributed by atoms with van der Waals surface area (Å²) in [6.45, 7) is 3.28. The van der Waals surface area contributed by atoms with Gasteiger partial charge in [-0.25, -0.2) is 0 Å². The highest BCUT2D eigenvalue weighted by molar-refractivity contribution is 7.10. The highest BCUT2D eigenvalue weighted by Crippen LogP contribution is 2.35. The third kappa shape index (κ3) is 5.96. The van der Waals surface area contributed by atoms with Crippen molar-refractivity contribution in [2.24, 2.45) is 0 Å². The smallest absolute Gasteiger partial charge is 0.428 e. The predicted molar refractivity (Wildman–Crippen MR) is 103 cm³/mol. The zero-order valence-corrected chi connectivity index (χ0v) is 16.6. The second kappa shape index (κ2) is 10.5. The number of thiophene rings is 1. The van der Waals surface area contributed by atoms with Gasteiger partial charge in [-0.1, -0.05) is 18.2 Å². The van der Waals surface area contributed by atoms with Crippen molar-refractivity contribution in [1.82, 2.24) is 10.2 Å². The van der Waals surface area contributed by atoms with E-state index in [1.165, 1.54) is 12.1 Å². The molecule has 27 heavy (non-hydrogen) atoms. The molecule has 2 aromatic rings. The normalized spacial score (nSPS) is 16.3. The van der Waals surface area contributed by atoms with E-state index < -0.39 is 12.5 Å². The summed E-state index contributed by atoms with van der Waals surface area (Å²) in [5.74, 6) is -0.264. The molecule has 1 atom stereocenters. The lowest BCUT2D eigenvalue weighted by molar-refractivity contribution is -0.253. The Morgan fingerprint density at radius 3 is 2.37 bits per heavy atom. The monoisotopic (exact) mass is 446 g/mol. The van der Waals surface area contributed by atoms with Crippen LogP contribution in [0.1, 0.15) is 16.5 Å². The zero-order chi connectivity index (χ0) is 17.9. The first-order chi connectivity index (χ1) is 12.0. The minimum atomic E-state index is -4.51. The molecule has 0 amide bonds. The molecule has 0 saturated carbocycles. The molecular weight excluding hydrogens is 427 g/mol. The number of nitrogens with one attached hydrogen (secondary N) is 1. The molecule has 1 aromatic heterocycles. The molecule has 2 heterocycles. The van der Waals surface area contributed by atoms with Crippen LogP contribution in [0.15, 0.2) is 41.8 Å². The molecule has 1 aliphatic rings. The Morgan fingerprint density at radius 1 is 1.07 bits per heavy atom. The first kappa shape index (κ1) is 24.0. The number of hydrogen-bond acceptors (Lipinski definition) is 4. The quantitative estimate of drug-likeness (QED) is 0.643. The van der Waals surface area contributed by atoms with Gasteiger partial charge in [-0.3, -0.25) is 4.90 Å². The van der Waals surface area contributed by atoms with Crippen LogP contribution in [0.2, 0.25) is 0 Å². The van der Waals surface area contributed by atoms with Crippen LogP contribution in [0, 0.1) is 0 Å². The van der Waals surface area contributed by atoms with Gasteiger partial charge in [0.1, 0.15) is 5.75 Å². The molecule has 0 radical (unpaired) electrons. The van der Waals surface area contributed by atoms with Gasteiger partial charge in [0.05, 0.1) is 6.04 Å². The topological polar surface area (TPSA) is 24.5 Å². The van der Waals surface area contributed by atoms with Gasteiger partial charge in [-0.05, 0) is 29.1 Å². The maximum Gasteiger partial charge on any atom is 0.461 e. The van der Waals surface area contributed by atoms with E-state index in [0.29, 0.717) is 0 Å². The molecule has 1 fully saturated rings. The zero-order valence-electron chi connectivity index (χ0n) is 14.1. The minimum Gasteiger partial charge on any atom is -0.428 e. The van der Waals surface area contributed by atoms with Crippen LogP contribution in [0.4, 0.5) is 17.6 Å². The molecule has 0 unspecified atom stereocenters. The van der Waals surface area contributed by atoms with Crippen molar-refractivity contribution in [3.8, 4) is 5.75 Å². The minimum absolute atomic E-state index is 0. The van der Waals surface area contributed by atoms with Crippen molar-refractivity contribution < 1.29 is 22.3 Å². The Bertz CT molecular complexity index is 685. The molecule has 0 bridgehead atoms.